The molecule has 17 heavy (non-hydrogen) atoms. The van der Waals surface area contributed by atoms with Crippen molar-refractivity contribution in [2.75, 3.05) is 14.2 Å². The molecule has 1 rings (SSSR count). The molecule has 0 atom stereocenters. The first-order chi connectivity index (χ1) is 8.19. The molecule has 0 unspecified atom stereocenters. The summed E-state index contributed by atoms with van der Waals surface area (Å²) in [6, 6.07) is 1.88. The van der Waals surface area contributed by atoms with Gasteiger partial charge in [-0.25, -0.2) is 0 Å². The molecule has 0 spiro atoms. The van der Waals surface area contributed by atoms with Crippen molar-refractivity contribution < 1.29 is 14.3 Å². The third-order valence-corrected chi connectivity index (χ3v) is 3.14. The van der Waals surface area contributed by atoms with Crippen LogP contribution in [0.3, 0.4) is 0 Å². The summed E-state index contributed by atoms with van der Waals surface area (Å²) >= 11 is 6.31. The molecule has 1 aromatic carbocycles. The third kappa shape index (κ3) is 2.91. The van der Waals surface area contributed by atoms with Crippen LogP contribution in [0.15, 0.2) is 6.07 Å². The molecule has 0 aliphatic heterocycles. The highest BCUT2D eigenvalue weighted by Gasteiger charge is 2.17. The van der Waals surface area contributed by atoms with Crippen molar-refractivity contribution >= 4 is 17.9 Å². The van der Waals surface area contributed by atoms with E-state index in [0.717, 1.165) is 23.8 Å². The zero-order valence-corrected chi connectivity index (χ0v) is 11.1. The van der Waals surface area contributed by atoms with Crippen LogP contribution in [0, 0.1) is 0 Å². The second kappa shape index (κ2) is 6.50. The van der Waals surface area contributed by atoms with E-state index < -0.39 is 0 Å². The van der Waals surface area contributed by atoms with Crippen molar-refractivity contribution in [3.8, 4) is 11.5 Å². The van der Waals surface area contributed by atoms with E-state index in [9.17, 15) is 4.79 Å². The molecule has 4 heteroatoms. The van der Waals surface area contributed by atoms with Crippen LogP contribution >= 0.6 is 11.6 Å². The van der Waals surface area contributed by atoms with Crippen LogP contribution in [0.4, 0.5) is 0 Å². The molecule has 94 valence electrons. The molecule has 0 radical (unpaired) electrons. The standard InChI is InChI=1S/C13H17ClO3/c1-4-9-8-11(16-2)13(17-3)10(12(9)14)6-5-7-15/h7-8H,4-6H2,1-3H3. The second-order valence-corrected chi connectivity index (χ2v) is 4.00. The van der Waals surface area contributed by atoms with E-state index in [1.807, 2.05) is 13.0 Å². The normalized spacial score (nSPS) is 10.1. The second-order valence-electron chi connectivity index (χ2n) is 3.62. The number of aryl methyl sites for hydroxylation is 1. The highest BCUT2D eigenvalue weighted by molar-refractivity contribution is 6.32. The summed E-state index contributed by atoms with van der Waals surface area (Å²) in [4.78, 5) is 10.5. The van der Waals surface area contributed by atoms with Crippen molar-refractivity contribution in [2.45, 2.75) is 26.2 Å². The van der Waals surface area contributed by atoms with Crippen molar-refractivity contribution in [3.63, 3.8) is 0 Å². The minimum absolute atomic E-state index is 0.423. The van der Waals surface area contributed by atoms with Crippen molar-refractivity contribution in [1.82, 2.24) is 0 Å². The Bertz CT molecular complexity index is 402. The van der Waals surface area contributed by atoms with Crippen LogP contribution in [0.2, 0.25) is 5.02 Å². The van der Waals surface area contributed by atoms with E-state index in [4.69, 9.17) is 21.1 Å². The van der Waals surface area contributed by atoms with Gasteiger partial charge in [0.05, 0.1) is 19.2 Å². The average molecular weight is 257 g/mol. The van der Waals surface area contributed by atoms with Gasteiger partial charge in [0.15, 0.2) is 11.5 Å². The van der Waals surface area contributed by atoms with E-state index in [2.05, 4.69) is 0 Å². The Labute approximate surface area is 107 Å². The molecule has 0 saturated carbocycles. The maximum absolute atomic E-state index is 10.5. The largest absolute Gasteiger partial charge is 0.493 e. The van der Waals surface area contributed by atoms with Gasteiger partial charge in [-0.15, -0.1) is 0 Å². The van der Waals surface area contributed by atoms with Crippen molar-refractivity contribution in [3.05, 3.63) is 22.2 Å². The molecule has 0 aliphatic rings. The number of hydrogen-bond acceptors (Lipinski definition) is 3. The van der Waals surface area contributed by atoms with Gasteiger partial charge in [0, 0.05) is 12.0 Å². The Morgan fingerprint density at radius 2 is 2.06 bits per heavy atom. The predicted octanol–water partition coefficient (Wildman–Crippen LogP) is 3.05. The lowest BCUT2D eigenvalue weighted by atomic mass is 10.0. The number of carbonyl (C=O) groups is 1. The van der Waals surface area contributed by atoms with Crippen molar-refractivity contribution in [1.29, 1.82) is 0 Å². The van der Waals surface area contributed by atoms with Crippen molar-refractivity contribution in [2.24, 2.45) is 0 Å². The molecule has 0 heterocycles. The fourth-order valence-corrected chi connectivity index (χ4v) is 2.16. The van der Waals surface area contributed by atoms with Crippen LogP contribution in [0.1, 0.15) is 24.5 Å². The van der Waals surface area contributed by atoms with Gasteiger partial charge < -0.3 is 14.3 Å². The monoisotopic (exact) mass is 256 g/mol. The third-order valence-electron chi connectivity index (χ3n) is 2.67. The number of rotatable bonds is 6. The van der Waals surface area contributed by atoms with Gasteiger partial charge in [0.25, 0.3) is 0 Å². The minimum atomic E-state index is 0.423. The quantitative estimate of drug-likeness (QED) is 0.734. The highest BCUT2D eigenvalue weighted by atomic mass is 35.5. The Morgan fingerprint density at radius 3 is 2.53 bits per heavy atom. The van der Waals surface area contributed by atoms with Gasteiger partial charge in [-0.05, 0) is 24.5 Å². The summed E-state index contributed by atoms with van der Waals surface area (Å²) in [6.45, 7) is 2.02. The van der Waals surface area contributed by atoms with E-state index in [1.165, 1.54) is 0 Å². The average Bonchev–Trinajstić information content (AvgIpc) is 2.36. The minimum Gasteiger partial charge on any atom is -0.493 e. The van der Waals surface area contributed by atoms with Gasteiger partial charge in [-0.3, -0.25) is 0 Å². The molecule has 3 nitrogen and oxygen atoms in total. The van der Waals surface area contributed by atoms with E-state index in [0.29, 0.717) is 29.4 Å². The maximum atomic E-state index is 10.5. The summed E-state index contributed by atoms with van der Waals surface area (Å²) in [7, 11) is 3.17. The molecule has 0 amide bonds. The number of hydrogen-bond donors (Lipinski definition) is 0. The number of ether oxygens (including phenoxy) is 2. The van der Waals surface area contributed by atoms with Crippen LogP contribution in [0.25, 0.3) is 0 Å². The predicted molar refractivity (Wildman–Crippen MR) is 68.3 cm³/mol. The first-order valence-corrected chi connectivity index (χ1v) is 5.93. The topological polar surface area (TPSA) is 35.5 Å². The molecule has 1 aromatic rings. The maximum Gasteiger partial charge on any atom is 0.165 e. The van der Waals surface area contributed by atoms with Crippen LogP contribution in [0.5, 0.6) is 11.5 Å². The number of carbonyl (C=O) groups excluding carboxylic acids is 1. The summed E-state index contributed by atoms with van der Waals surface area (Å²) in [6.07, 6.45) is 2.68. The zero-order chi connectivity index (χ0) is 12.8. The van der Waals surface area contributed by atoms with E-state index in [-0.39, 0.29) is 0 Å². The Kier molecular flexibility index (Phi) is 5.29. The highest BCUT2D eigenvalue weighted by Crippen LogP contribution is 2.39. The number of methoxy groups -OCH3 is 2. The van der Waals surface area contributed by atoms with Gasteiger partial charge in [0.1, 0.15) is 6.29 Å². The molecule has 0 bridgehead atoms. The van der Waals surface area contributed by atoms with Crippen LogP contribution in [-0.2, 0) is 17.6 Å². The molecule has 0 fully saturated rings. The Balaban J connectivity index is 3.33. The fourth-order valence-electron chi connectivity index (χ4n) is 1.79. The van der Waals surface area contributed by atoms with Gasteiger partial charge in [-0.2, -0.15) is 0 Å². The first-order valence-electron chi connectivity index (χ1n) is 5.55. The summed E-state index contributed by atoms with van der Waals surface area (Å²) in [5.41, 5.74) is 1.85. The molecular formula is C13H17ClO3. The molecular weight excluding hydrogens is 240 g/mol. The number of halogens is 1. The smallest absolute Gasteiger partial charge is 0.165 e. The summed E-state index contributed by atoms with van der Waals surface area (Å²) < 4.78 is 10.6. The van der Waals surface area contributed by atoms with Gasteiger partial charge >= 0.3 is 0 Å². The summed E-state index contributed by atoms with van der Waals surface area (Å²) in [5.74, 6) is 1.28. The molecule has 0 saturated heterocycles. The number of aldehydes is 1. The molecule has 0 aromatic heterocycles. The summed E-state index contributed by atoms with van der Waals surface area (Å²) in [5, 5.41) is 0.673. The van der Waals surface area contributed by atoms with E-state index >= 15 is 0 Å². The van der Waals surface area contributed by atoms with Gasteiger partial charge in [0.2, 0.25) is 0 Å². The van der Waals surface area contributed by atoms with E-state index in [1.54, 1.807) is 14.2 Å². The fraction of sp³-hybridized carbons (Fsp3) is 0.462. The lowest BCUT2D eigenvalue weighted by Gasteiger charge is -2.16. The SMILES string of the molecule is CCc1cc(OC)c(OC)c(CCC=O)c1Cl. The van der Waals surface area contributed by atoms with Crippen LogP contribution < -0.4 is 9.47 Å². The van der Waals surface area contributed by atoms with Crippen LogP contribution in [-0.4, -0.2) is 20.5 Å². The lowest BCUT2D eigenvalue weighted by Crippen LogP contribution is -2.00. The first kappa shape index (κ1) is 13.8. The van der Waals surface area contributed by atoms with Gasteiger partial charge in [-0.1, -0.05) is 18.5 Å². The number of benzene rings is 1. The lowest BCUT2D eigenvalue weighted by molar-refractivity contribution is -0.107. The zero-order valence-electron chi connectivity index (χ0n) is 10.4. The molecule has 0 aliphatic carbocycles. The molecule has 0 N–H and O–H groups in total. The Hall–Kier alpha value is -1.22. The Morgan fingerprint density at radius 1 is 1.35 bits per heavy atom.